The largest absolute Gasteiger partial charge is 0.356 e. The Kier molecular flexibility index (Phi) is 4.82. The van der Waals surface area contributed by atoms with Gasteiger partial charge in [-0.2, -0.15) is 0 Å². The van der Waals surface area contributed by atoms with Crippen molar-refractivity contribution in [1.82, 2.24) is 15.0 Å². The van der Waals surface area contributed by atoms with Gasteiger partial charge in [0.05, 0.1) is 5.39 Å². The quantitative estimate of drug-likeness (QED) is 0.738. The average Bonchev–Trinajstić information content (AvgIpc) is 3.16. The third-order valence-corrected chi connectivity index (χ3v) is 4.99. The Labute approximate surface area is 152 Å². The molecule has 1 fully saturated rings. The summed E-state index contributed by atoms with van der Waals surface area (Å²) in [5, 5.41) is 4.03. The number of para-hydroxylation sites is 1. The van der Waals surface area contributed by atoms with Crippen molar-refractivity contribution in [1.29, 1.82) is 0 Å². The Morgan fingerprint density at radius 2 is 2.12 bits per heavy atom. The third-order valence-electron chi connectivity index (χ3n) is 4.99. The number of benzene rings is 1. The lowest BCUT2D eigenvalue weighted by Crippen LogP contribution is -2.36. The SMILES string of the molecule is O=C(CCC1CCCN(c2ncnc3[nH]ccc23)C1)Nc1ccccc1. The van der Waals surface area contributed by atoms with E-state index >= 15 is 0 Å². The molecule has 0 spiro atoms. The number of nitrogens with one attached hydrogen (secondary N) is 2. The maximum atomic E-state index is 12.2. The van der Waals surface area contributed by atoms with Crippen LogP contribution >= 0.6 is 0 Å². The Bertz CT molecular complexity index is 876. The van der Waals surface area contributed by atoms with Gasteiger partial charge in [-0.05, 0) is 43.4 Å². The normalized spacial score (nSPS) is 17.4. The van der Waals surface area contributed by atoms with Gasteiger partial charge in [0.1, 0.15) is 17.8 Å². The minimum atomic E-state index is 0.0865. The number of aromatic nitrogens is 3. The molecule has 2 N–H and O–H groups in total. The van der Waals surface area contributed by atoms with Gasteiger partial charge in [-0.3, -0.25) is 4.79 Å². The number of carbonyl (C=O) groups is 1. The van der Waals surface area contributed by atoms with Crippen LogP contribution in [0, 0.1) is 5.92 Å². The van der Waals surface area contributed by atoms with Gasteiger partial charge in [0.2, 0.25) is 5.91 Å². The topological polar surface area (TPSA) is 73.9 Å². The highest BCUT2D eigenvalue weighted by molar-refractivity contribution is 5.90. The zero-order valence-electron chi connectivity index (χ0n) is 14.7. The Morgan fingerprint density at radius 1 is 1.23 bits per heavy atom. The molecule has 0 saturated carbocycles. The number of rotatable bonds is 5. The summed E-state index contributed by atoms with van der Waals surface area (Å²) in [6, 6.07) is 11.7. The van der Waals surface area contributed by atoms with E-state index in [2.05, 4.69) is 25.2 Å². The first-order valence-electron chi connectivity index (χ1n) is 9.17. The number of amides is 1. The van der Waals surface area contributed by atoms with Gasteiger partial charge in [-0.15, -0.1) is 0 Å². The van der Waals surface area contributed by atoms with E-state index in [1.54, 1.807) is 6.33 Å². The minimum Gasteiger partial charge on any atom is -0.356 e. The van der Waals surface area contributed by atoms with E-state index in [9.17, 15) is 4.79 Å². The van der Waals surface area contributed by atoms with Crippen LogP contribution in [0.5, 0.6) is 0 Å². The number of hydrogen-bond donors (Lipinski definition) is 2. The number of hydrogen-bond acceptors (Lipinski definition) is 4. The molecule has 1 aromatic carbocycles. The average molecular weight is 349 g/mol. The first kappa shape index (κ1) is 16.6. The van der Waals surface area contributed by atoms with Gasteiger partial charge >= 0.3 is 0 Å². The van der Waals surface area contributed by atoms with Gasteiger partial charge in [-0.25, -0.2) is 9.97 Å². The van der Waals surface area contributed by atoms with Crippen molar-refractivity contribution in [2.45, 2.75) is 25.7 Å². The van der Waals surface area contributed by atoms with Crippen LogP contribution in [0.25, 0.3) is 11.0 Å². The van der Waals surface area contributed by atoms with Crippen molar-refractivity contribution in [3.63, 3.8) is 0 Å². The molecule has 0 aliphatic carbocycles. The van der Waals surface area contributed by atoms with Crippen LogP contribution in [-0.4, -0.2) is 33.9 Å². The minimum absolute atomic E-state index is 0.0865. The zero-order chi connectivity index (χ0) is 17.8. The van der Waals surface area contributed by atoms with E-state index < -0.39 is 0 Å². The Morgan fingerprint density at radius 3 is 3.00 bits per heavy atom. The second-order valence-electron chi connectivity index (χ2n) is 6.84. The molecule has 26 heavy (non-hydrogen) atoms. The number of aromatic amines is 1. The van der Waals surface area contributed by atoms with Crippen molar-refractivity contribution in [3.8, 4) is 0 Å². The summed E-state index contributed by atoms with van der Waals surface area (Å²) in [4.78, 5) is 26.4. The molecule has 4 rings (SSSR count). The number of fused-ring (bicyclic) bond motifs is 1. The Hall–Kier alpha value is -2.89. The molecular weight excluding hydrogens is 326 g/mol. The van der Waals surface area contributed by atoms with Gasteiger partial charge in [0.25, 0.3) is 0 Å². The van der Waals surface area contributed by atoms with Crippen LogP contribution in [0.3, 0.4) is 0 Å². The van der Waals surface area contributed by atoms with Crippen molar-refractivity contribution in [2.75, 3.05) is 23.3 Å². The second kappa shape index (κ2) is 7.56. The third kappa shape index (κ3) is 3.69. The zero-order valence-corrected chi connectivity index (χ0v) is 14.7. The van der Waals surface area contributed by atoms with E-state index in [0.29, 0.717) is 12.3 Å². The van der Waals surface area contributed by atoms with E-state index in [1.807, 2.05) is 42.6 Å². The fraction of sp³-hybridized carbons (Fsp3) is 0.350. The predicted molar refractivity (Wildman–Crippen MR) is 103 cm³/mol. The summed E-state index contributed by atoms with van der Waals surface area (Å²) in [6.45, 7) is 1.94. The van der Waals surface area contributed by atoms with Crippen LogP contribution in [0.4, 0.5) is 11.5 Å². The lowest BCUT2D eigenvalue weighted by Gasteiger charge is -2.33. The highest BCUT2D eigenvalue weighted by Gasteiger charge is 2.23. The number of nitrogens with zero attached hydrogens (tertiary/aromatic N) is 3. The molecule has 3 heterocycles. The van der Waals surface area contributed by atoms with Crippen LogP contribution in [0.2, 0.25) is 0 Å². The first-order chi connectivity index (χ1) is 12.8. The second-order valence-corrected chi connectivity index (χ2v) is 6.84. The maximum absolute atomic E-state index is 12.2. The van der Waals surface area contributed by atoms with Crippen LogP contribution in [0.1, 0.15) is 25.7 Å². The van der Waals surface area contributed by atoms with Gasteiger partial charge < -0.3 is 15.2 Å². The standard InChI is InChI=1S/C20H23N5O/c26-18(24-16-6-2-1-3-7-16)9-8-15-5-4-12-25(13-15)20-17-10-11-21-19(17)22-14-23-20/h1-3,6-7,10-11,14-15H,4-5,8-9,12-13H2,(H,24,26)(H,21,22,23). The summed E-state index contributed by atoms with van der Waals surface area (Å²) in [7, 11) is 0. The molecule has 6 heteroatoms. The van der Waals surface area contributed by atoms with E-state index in [0.717, 1.165) is 54.9 Å². The molecule has 1 amide bonds. The molecular formula is C20H23N5O. The molecule has 2 aromatic heterocycles. The summed E-state index contributed by atoms with van der Waals surface area (Å²) in [5.74, 6) is 1.59. The summed E-state index contributed by atoms with van der Waals surface area (Å²) >= 11 is 0. The molecule has 0 radical (unpaired) electrons. The highest BCUT2D eigenvalue weighted by Crippen LogP contribution is 2.28. The fourth-order valence-electron chi connectivity index (χ4n) is 3.68. The van der Waals surface area contributed by atoms with E-state index in [1.165, 1.54) is 0 Å². The van der Waals surface area contributed by atoms with Crippen LogP contribution < -0.4 is 10.2 Å². The lowest BCUT2D eigenvalue weighted by molar-refractivity contribution is -0.116. The molecule has 1 unspecified atom stereocenters. The molecule has 0 bridgehead atoms. The molecule has 1 atom stereocenters. The number of carbonyl (C=O) groups excluding carboxylic acids is 1. The Balaban J connectivity index is 1.35. The van der Waals surface area contributed by atoms with Gasteiger partial charge in [0.15, 0.2) is 0 Å². The predicted octanol–water partition coefficient (Wildman–Crippen LogP) is 3.59. The molecule has 6 nitrogen and oxygen atoms in total. The summed E-state index contributed by atoms with van der Waals surface area (Å²) in [5.41, 5.74) is 1.73. The van der Waals surface area contributed by atoms with Gasteiger partial charge in [-0.1, -0.05) is 18.2 Å². The number of H-pyrrole nitrogens is 1. The molecule has 1 saturated heterocycles. The van der Waals surface area contributed by atoms with Gasteiger partial charge in [0, 0.05) is 31.4 Å². The van der Waals surface area contributed by atoms with Crippen molar-refractivity contribution in [2.24, 2.45) is 5.92 Å². The fourth-order valence-corrected chi connectivity index (χ4v) is 3.68. The number of piperidine rings is 1. The molecule has 1 aliphatic heterocycles. The highest BCUT2D eigenvalue weighted by atomic mass is 16.1. The van der Waals surface area contributed by atoms with Crippen molar-refractivity contribution in [3.05, 3.63) is 48.9 Å². The molecule has 3 aromatic rings. The lowest BCUT2D eigenvalue weighted by atomic mass is 9.93. The van der Waals surface area contributed by atoms with Crippen molar-refractivity contribution >= 4 is 28.4 Å². The summed E-state index contributed by atoms with van der Waals surface area (Å²) < 4.78 is 0. The van der Waals surface area contributed by atoms with Crippen molar-refractivity contribution < 1.29 is 4.79 Å². The van der Waals surface area contributed by atoms with E-state index in [-0.39, 0.29) is 5.91 Å². The first-order valence-corrected chi connectivity index (χ1v) is 9.17. The summed E-state index contributed by atoms with van der Waals surface area (Å²) in [6.07, 6.45) is 7.26. The molecule has 1 aliphatic rings. The smallest absolute Gasteiger partial charge is 0.224 e. The maximum Gasteiger partial charge on any atom is 0.224 e. The number of anilines is 2. The monoisotopic (exact) mass is 349 g/mol. The molecule has 134 valence electrons. The van der Waals surface area contributed by atoms with Crippen LogP contribution in [0.15, 0.2) is 48.9 Å². The van der Waals surface area contributed by atoms with E-state index in [4.69, 9.17) is 0 Å². The van der Waals surface area contributed by atoms with Crippen LogP contribution in [-0.2, 0) is 4.79 Å².